The molecule has 1 unspecified atom stereocenters. The van der Waals surface area contributed by atoms with Crippen LogP contribution in [-0.4, -0.2) is 12.6 Å². The van der Waals surface area contributed by atoms with Gasteiger partial charge in [0.05, 0.1) is 11.4 Å². The number of hydrogen-bond acceptors (Lipinski definition) is 2. The van der Waals surface area contributed by atoms with E-state index in [1.165, 1.54) is 0 Å². The van der Waals surface area contributed by atoms with Crippen molar-refractivity contribution >= 4 is 43.2 Å². The molecule has 2 N–H and O–H groups in total. The second-order valence-corrected chi connectivity index (χ2v) is 4.95. The minimum absolute atomic E-state index is 0.487. The molecule has 0 saturated carbocycles. The number of halogens is 2. The first-order valence-corrected chi connectivity index (χ1v) is 5.75. The van der Waals surface area contributed by atoms with Crippen LogP contribution in [0.25, 0.3) is 0 Å². The molecule has 0 aliphatic carbocycles. The van der Waals surface area contributed by atoms with Gasteiger partial charge in [0.15, 0.2) is 0 Å². The Morgan fingerprint density at radius 1 is 1.23 bits per heavy atom. The van der Waals surface area contributed by atoms with E-state index in [1.54, 1.807) is 0 Å². The van der Waals surface area contributed by atoms with Gasteiger partial charge in [0.25, 0.3) is 0 Å². The topological polar surface area (TPSA) is 24.1 Å². The average molecular weight is 306 g/mol. The van der Waals surface area contributed by atoms with Crippen molar-refractivity contribution in [3.8, 4) is 0 Å². The van der Waals surface area contributed by atoms with Crippen molar-refractivity contribution in [2.45, 2.75) is 13.0 Å². The monoisotopic (exact) mass is 304 g/mol. The highest BCUT2D eigenvalue weighted by atomic mass is 79.9. The van der Waals surface area contributed by atoms with Gasteiger partial charge >= 0.3 is 0 Å². The highest BCUT2D eigenvalue weighted by Gasteiger charge is 2.14. The van der Waals surface area contributed by atoms with E-state index in [2.05, 4.69) is 61.5 Å². The number of nitrogens with one attached hydrogen (secondary N) is 2. The molecule has 0 radical (unpaired) electrons. The Morgan fingerprint density at radius 3 is 2.54 bits per heavy atom. The molecule has 0 spiro atoms. The maximum absolute atomic E-state index is 3.48. The molecule has 2 nitrogen and oxygen atoms in total. The van der Waals surface area contributed by atoms with Crippen molar-refractivity contribution in [2.24, 2.45) is 0 Å². The fourth-order valence-corrected chi connectivity index (χ4v) is 2.08. The summed E-state index contributed by atoms with van der Waals surface area (Å²) in [5, 5.41) is 6.78. The highest BCUT2D eigenvalue weighted by Crippen LogP contribution is 2.34. The van der Waals surface area contributed by atoms with Crippen LogP contribution in [0.5, 0.6) is 0 Å². The molecule has 0 amide bonds. The predicted molar refractivity (Wildman–Crippen MR) is 63.4 cm³/mol. The lowest BCUT2D eigenvalue weighted by molar-refractivity contribution is 0.817. The van der Waals surface area contributed by atoms with Crippen LogP contribution in [0.2, 0.25) is 0 Å². The Labute approximate surface area is 94.4 Å². The second kappa shape index (κ2) is 3.50. The molecule has 1 heterocycles. The molecule has 0 aromatic heterocycles. The molecule has 13 heavy (non-hydrogen) atoms. The lowest BCUT2D eigenvalue weighted by atomic mass is 10.2. The van der Waals surface area contributed by atoms with E-state index in [0.29, 0.717) is 6.04 Å². The molecule has 0 fully saturated rings. The standard InChI is InChI=1S/C9H10Br2N2/c1-5-4-12-8-2-6(10)7(11)3-9(8)13-5/h2-3,5,12-13H,4H2,1H3. The van der Waals surface area contributed by atoms with Crippen molar-refractivity contribution < 1.29 is 0 Å². The van der Waals surface area contributed by atoms with Gasteiger partial charge in [-0.05, 0) is 50.9 Å². The van der Waals surface area contributed by atoms with Gasteiger partial charge in [-0.15, -0.1) is 0 Å². The van der Waals surface area contributed by atoms with Gasteiger partial charge in [0, 0.05) is 21.5 Å². The average Bonchev–Trinajstić information content (AvgIpc) is 2.08. The first-order valence-electron chi connectivity index (χ1n) is 4.16. The molecule has 0 saturated heterocycles. The maximum atomic E-state index is 3.48. The Hall–Kier alpha value is -0.220. The smallest absolute Gasteiger partial charge is 0.0590 e. The van der Waals surface area contributed by atoms with Gasteiger partial charge in [-0.2, -0.15) is 0 Å². The van der Waals surface area contributed by atoms with Gasteiger partial charge in [0.1, 0.15) is 0 Å². The van der Waals surface area contributed by atoms with Gasteiger partial charge < -0.3 is 10.6 Å². The van der Waals surface area contributed by atoms with Gasteiger partial charge in [0.2, 0.25) is 0 Å². The summed E-state index contributed by atoms with van der Waals surface area (Å²) < 4.78 is 2.16. The largest absolute Gasteiger partial charge is 0.381 e. The van der Waals surface area contributed by atoms with E-state index in [1.807, 2.05) is 0 Å². The first-order chi connectivity index (χ1) is 6.16. The molecule has 1 atom stereocenters. The number of benzene rings is 1. The molecule has 2 rings (SSSR count). The Kier molecular flexibility index (Phi) is 2.51. The van der Waals surface area contributed by atoms with E-state index in [-0.39, 0.29) is 0 Å². The Morgan fingerprint density at radius 2 is 1.85 bits per heavy atom. The van der Waals surface area contributed by atoms with Crippen LogP contribution in [0.15, 0.2) is 21.1 Å². The third-order valence-corrected chi connectivity index (χ3v) is 3.91. The summed E-state index contributed by atoms with van der Waals surface area (Å²) in [6.07, 6.45) is 0. The molecule has 1 aromatic carbocycles. The Balaban J connectivity index is 2.43. The van der Waals surface area contributed by atoms with Crippen LogP contribution in [0, 0.1) is 0 Å². The third-order valence-electron chi connectivity index (χ3n) is 2.06. The second-order valence-electron chi connectivity index (χ2n) is 3.24. The molecular formula is C9H10Br2N2. The fourth-order valence-electron chi connectivity index (χ4n) is 1.39. The van der Waals surface area contributed by atoms with Crippen LogP contribution in [0.4, 0.5) is 11.4 Å². The van der Waals surface area contributed by atoms with Crippen LogP contribution in [0.3, 0.4) is 0 Å². The van der Waals surface area contributed by atoms with E-state index in [0.717, 1.165) is 26.9 Å². The van der Waals surface area contributed by atoms with E-state index in [9.17, 15) is 0 Å². The molecule has 1 aromatic rings. The van der Waals surface area contributed by atoms with Crippen LogP contribution < -0.4 is 10.6 Å². The summed E-state index contributed by atoms with van der Waals surface area (Å²) in [5.74, 6) is 0. The molecule has 1 aliphatic rings. The lowest BCUT2D eigenvalue weighted by Gasteiger charge is -2.26. The molecule has 0 bridgehead atoms. The van der Waals surface area contributed by atoms with Crippen molar-refractivity contribution in [3.63, 3.8) is 0 Å². The van der Waals surface area contributed by atoms with Crippen molar-refractivity contribution in [3.05, 3.63) is 21.1 Å². The molecule has 70 valence electrons. The summed E-state index contributed by atoms with van der Waals surface area (Å²) in [4.78, 5) is 0. The zero-order valence-electron chi connectivity index (χ0n) is 7.20. The van der Waals surface area contributed by atoms with Crippen molar-refractivity contribution in [1.29, 1.82) is 0 Å². The quantitative estimate of drug-likeness (QED) is 0.767. The summed E-state index contributed by atoms with van der Waals surface area (Å²) in [6, 6.07) is 4.65. The summed E-state index contributed by atoms with van der Waals surface area (Å²) >= 11 is 6.95. The number of hydrogen-bond donors (Lipinski definition) is 2. The lowest BCUT2D eigenvalue weighted by Crippen LogP contribution is -2.29. The van der Waals surface area contributed by atoms with Crippen molar-refractivity contribution in [2.75, 3.05) is 17.2 Å². The van der Waals surface area contributed by atoms with Gasteiger partial charge in [-0.1, -0.05) is 0 Å². The molecular weight excluding hydrogens is 296 g/mol. The van der Waals surface area contributed by atoms with Gasteiger partial charge in [-0.3, -0.25) is 0 Å². The zero-order chi connectivity index (χ0) is 9.42. The van der Waals surface area contributed by atoms with Crippen LogP contribution in [-0.2, 0) is 0 Å². The molecule has 4 heteroatoms. The normalized spacial score (nSPS) is 20.1. The van der Waals surface area contributed by atoms with Crippen molar-refractivity contribution in [1.82, 2.24) is 0 Å². The Bertz CT molecular complexity index is 339. The molecule has 1 aliphatic heterocycles. The number of anilines is 2. The fraction of sp³-hybridized carbons (Fsp3) is 0.333. The van der Waals surface area contributed by atoms with Crippen LogP contribution in [0.1, 0.15) is 6.92 Å². The minimum Gasteiger partial charge on any atom is -0.381 e. The number of rotatable bonds is 0. The number of fused-ring (bicyclic) bond motifs is 1. The maximum Gasteiger partial charge on any atom is 0.0590 e. The summed E-state index contributed by atoms with van der Waals surface area (Å²) in [5.41, 5.74) is 2.32. The van der Waals surface area contributed by atoms with Gasteiger partial charge in [-0.25, -0.2) is 0 Å². The van der Waals surface area contributed by atoms with E-state index >= 15 is 0 Å². The summed E-state index contributed by atoms with van der Waals surface area (Å²) in [7, 11) is 0. The SMILES string of the molecule is CC1CNc2cc(Br)c(Br)cc2N1. The summed E-state index contributed by atoms with van der Waals surface area (Å²) in [6.45, 7) is 3.13. The third kappa shape index (κ3) is 1.83. The van der Waals surface area contributed by atoms with E-state index in [4.69, 9.17) is 0 Å². The minimum atomic E-state index is 0.487. The predicted octanol–water partition coefficient (Wildman–Crippen LogP) is 3.44. The van der Waals surface area contributed by atoms with Crippen LogP contribution >= 0.6 is 31.9 Å². The highest BCUT2D eigenvalue weighted by molar-refractivity contribution is 9.13. The zero-order valence-corrected chi connectivity index (χ0v) is 10.4. The first kappa shape index (κ1) is 9.34. The van der Waals surface area contributed by atoms with E-state index < -0.39 is 0 Å².